The molecule has 1 saturated heterocycles. The van der Waals surface area contributed by atoms with Crippen molar-refractivity contribution >= 4 is 35.6 Å². The maximum absolute atomic E-state index is 11.4. The first-order chi connectivity index (χ1) is 10.7. The van der Waals surface area contributed by atoms with E-state index in [0.717, 1.165) is 0 Å². The molecule has 0 N–H and O–H groups in total. The van der Waals surface area contributed by atoms with E-state index in [-0.39, 0.29) is 0 Å². The number of thioether (sulfide) groups is 1. The fourth-order valence-corrected chi connectivity index (χ4v) is 3.33. The Morgan fingerprint density at radius 1 is 0.652 bits per heavy atom. The lowest BCUT2D eigenvalue weighted by atomic mass is 10.0. The lowest BCUT2D eigenvalue weighted by Crippen LogP contribution is -2.51. The fourth-order valence-electron chi connectivity index (χ4n) is 2.21. The minimum absolute atomic E-state index is 0.313. The van der Waals surface area contributed by atoms with Gasteiger partial charge in [0.2, 0.25) is 0 Å². The first-order valence-electron chi connectivity index (χ1n) is 6.97. The molecule has 0 aromatic heterocycles. The summed E-state index contributed by atoms with van der Waals surface area (Å²) in [7, 11) is 0. The van der Waals surface area contributed by atoms with Crippen molar-refractivity contribution in [3.8, 4) is 0 Å². The lowest BCUT2D eigenvalue weighted by molar-refractivity contribution is -0.193. The fraction of sp³-hybridized carbons (Fsp3) is 0.714. The summed E-state index contributed by atoms with van der Waals surface area (Å²) in [5.41, 5.74) is 0. The predicted octanol–water partition coefficient (Wildman–Crippen LogP) is 0.460. The SMILES string of the molecule is CC(=O)O[C@H]1[C@H](OC(C)=O)[C@H](OC(C)=O)CSC[C@@H]1OC(C)=O. The van der Waals surface area contributed by atoms with Crippen LogP contribution in [-0.2, 0) is 38.1 Å². The number of carbonyl (C=O) groups excluding carboxylic acids is 4. The van der Waals surface area contributed by atoms with E-state index in [1.807, 2.05) is 0 Å². The Hall–Kier alpha value is -1.77. The average Bonchev–Trinajstić information content (AvgIpc) is 2.51. The Morgan fingerprint density at radius 2 is 0.957 bits per heavy atom. The summed E-state index contributed by atoms with van der Waals surface area (Å²) in [5.74, 6) is -1.74. The molecule has 0 spiro atoms. The molecule has 8 nitrogen and oxygen atoms in total. The number of hydrogen-bond donors (Lipinski definition) is 0. The molecule has 0 radical (unpaired) electrons. The Kier molecular flexibility index (Phi) is 7.34. The maximum Gasteiger partial charge on any atom is 0.303 e. The van der Waals surface area contributed by atoms with Crippen LogP contribution in [0.3, 0.4) is 0 Å². The normalized spacial score (nSPS) is 27.3. The highest BCUT2D eigenvalue weighted by molar-refractivity contribution is 7.99. The minimum atomic E-state index is -1.06. The van der Waals surface area contributed by atoms with Crippen LogP contribution in [-0.4, -0.2) is 59.8 Å². The van der Waals surface area contributed by atoms with Crippen molar-refractivity contribution in [1.29, 1.82) is 0 Å². The third-order valence-corrected chi connectivity index (χ3v) is 3.99. The number of rotatable bonds is 4. The van der Waals surface area contributed by atoms with Gasteiger partial charge < -0.3 is 18.9 Å². The van der Waals surface area contributed by atoms with E-state index in [4.69, 9.17) is 18.9 Å². The van der Waals surface area contributed by atoms with Crippen molar-refractivity contribution in [3.05, 3.63) is 0 Å². The Bertz CT molecular complexity index is 435. The standard InChI is InChI=1S/C14H20O8S/c1-7(15)19-11-5-23-6-12(20-8(2)16)14(22-10(4)18)13(11)21-9(3)17/h11-14H,5-6H2,1-4H3/t11-,12+,13-,14-/m1/s1. The summed E-state index contributed by atoms with van der Waals surface area (Å²) in [4.78, 5) is 45.4. The van der Waals surface area contributed by atoms with Gasteiger partial charge in [0.25, 0.3) is 0 Å². The van der Waals surface area contributed by atoms with Gasteiger partial charge in [-0.3, -0.25) is 19.2 Å². The summed E-state index contributed by atoms with van der Waals surface area (Å²) in [6.07, 6.45) is -3.74. The molecule has 0 amide bonds. The molecule has 130 valence electrons. The first-order valence-corrected chi connectivity index (χ1v) is 8.12. The Morgan fingerprint density at radius 3 is 1.22 bits per heavy atom. The second kappa shape index (κ2) is 8.76. The van der Waals surface area contributed by atoms with E-state index < -0.39 is 48.3 Å². The largest absolute Gasteiger partial charge is 0.458 e. The van der Waals surface area contributed by atoms with E-state index in [1.165, 1.54) is 39.5 Å². The zero-order chi connectivity index (χ0) is 17.6. The molecule has 0 saturated carbocycles. The van der Waals surface area contributed by atoms with Crippen LogP contribution in [0, 0.1) is 0 Å². The molecule has 23 heavy (non-hydrogen) atoms. The average molecular weight is 348 g/mol. The van der Waals surface area contributed by atoms with Crippen LogP contribution in [0.5, 0.6) is 0 Å². The second-order valence-electron chi connectivity index (χ2n) is 4.98. The van der Waals surface area contributed by atoms with Crippen LogP contribution in [0.15, 0.2) is 0 Å². The molecule has 1 rings (SSSR count). The lowest BCUT2D eigenvalue weighted by Gasteiger charge is -2.32. The number of esters is 4. The van der Waals surface area contributed by atoms with Crippen molar-refractivity contribution in [2.45, 2.75) is 52.1 Å². The highest BCUT2D eigenvalue weighted by Crippen LogP contribution is 2.28. The second-order valence-corrected chi connectivity index (χ2v) is 6.06. The summed E-state index contributed by atoms with van der Waals surface area (Å²) in [6.45, 7) is 4.83. The molecule has 0 aromatic carbocycles. The highest BCUT2D eigenvalue weighted by atomic mass is 32.2. The number of ether oxygens (including phenoxy) is 4. The van der Waals surface area contributed by atoms with Crippen LogP contribution in [0.4, 0.5) is 0 Å². The van der Waals surface area contributed by atoms with Gasteiger partial charge in [-0.1, -0.05) is 0 Å². The van der Waals surface area contributed by atoms with Crippen molar-refractivity contribution in [2.24, 2.45) is 0 Å². The summed E-state index contributed by atoms with van der Waals surface area (Å²) < 4.78 is 20.8. The van der Waals surface area contributed by atoms with E-state index >= 15 is 0 Å². The Labute approximate surface area is 138 Å². The molecule has 1 fully saturated rings. The van der Waals surface area contributed by atoms with Gasteiger partial charge in [0.05, 0.1) is 0 Å². The molecule has 1 heterocycles. The van der Waals surface area contributed by atoms with Gasteiger partial charge in [-0.25, -0.2) is 0 Å². The van der Waals surface area contributed by atoms with E-state index in [9.17, 15) is 19.2 Å². The van der Waals surface area contributed by atoms with Crippen LogP contribution >= 0.6 is 11.8 Å². The molecule has 0 unspecified atom stereocenters. The van der Waals surface area contributed by atoms with E-state index in [2.05, 4.69) is 0 Å². The molecular formula is C14H20O8S. The van der Waals surface area contributed by atoms with E-state index in [1.54, 1.807) is 0 Å². The van der Waals surface area contributed by atoms with Crippen molar-refractivity contribution in [1.82, 2.24) is 0 Å². The number of hydrogen-bond acceptors (Lipinski definition) is 9. The molecule has 1 aliphatic heterocycles. The molecule has 4 atom stereocenters. The van der Waals surface area contributed by atoms with E-state index in [0.29, 0.717) is 11.5 Å². The predicted molar refractivity (Wildman–Crippen MR) is 79.5 cm³/mol. The van der Waals surface area contributed by atoms with Crippen molar-refractivity contribution in [2.75, 3.05) is 11.5 Å². The van der Waals surface area contributed by atoms with Gasteiger partial charge in [-0.2, -0.15) is 11.8 Å². The third-order valence-electron chi connectivity index (χ3n) is 2.86. The highest BCUT2D eigenvalue weighted by Gasteiger charge is 2.45. The zero-order valence-electron chi connectivity index (χ0n) is 13.4. The minimum Gasteiger partial charge on any atom is -0.458 e. The molecular weight excluding hydrogens is 328 g/mol. The van der Waals surface area contributed by atoms with Crippen LogP contribution in [0.1, 0.15) is 27.7 Å². The summed E-state index contributed by atoms with van der Waals surface area (Å²) in [5, 5.41) is 0. The van der Waals surface area contributed by atoms with Crippen LogP contribution in [0.2, 0.25) is 0 Å². The van der Waals surface area contributed by atoms with Gasteiger partial charge in [0.15, 0.2) is 24.4 Å². The molecule has 9 heteroatoms. The van der Waals surface area contributed by atoms with Gasteiger partial charge in [0, 0.05) is 39.2 Å². The summed E-state index contributed by atoms with van der Waals surface area (Å²) >= 11 is 1.34. The monoisotopic (exact) mass is 348 g/mol. The molecule has 1 aliphatic rings. The van der Waals surface area contributed by atoms with Crippen LogP contribution in [0.25, 0.3) is 0 Å². The van der Waals surface area contributed by atoms with Gasteiger partial charge in [-0.05, 0) is 0 Å². The molecule has 0 bridgehead atoms. The number of carbonyl (C=O) groups is 4. The quantitative estimate of drug-likeness (QED) is 0.529. The topological polar surface area (TPSA) is 105 Å². The van der Waals surface area contributed by atoms with Gasteiger partial charge in [0.1, 0.15) is 0 Å². The smallest absolute Gasteiger partial charge is 0.303 e. The molecule has 0 aliphatic carbocycles. The Balaban J connectivity index is 3.13. The zero-order valence-corrected chi connectivity index (χ0v) is 14.2. The molecule has 0 aromatic rings. The third kappa shape index (κ3) is 6.47. The maximum atomic E-state index is 11.4. The van der Waals surface area contributed by atoms with Crippen molar-refractivity contribution in [3.63, 3.8) is 0 Å². The summed E-state index contributed by atoms with van der Waals surface area (Å²) in [6, 6.07) is 0. The first kappa shape index (κ1) is 19.3. The van der Waals surface area contributed by atoms with Gasteiger partial charge in [-0.15, -0.1) is 0 Å². The van der Waals surface area contributed by atoms with Gasteiger partial charge >= 0.3 is 23.9 Å². The van der Waals surface area contributed by atoms with Crippen molar-refractivity contribution < 1.29 is 38.1 Å². The van der Waals surface area contributed by atoms with Crippen LogP contribution < -0.4 is 0 Å².